The van der Waals surface area contributed by atoms with E-state index >= 15 is 0 Å². The van der Waals surface area contributed by atoms with Crippen molar-refractivity contribution in [3.05, 3.63) is 306 Å². The van der Waals surface area contributed by atoms with Gasteiger partial charge < -0.3 is 9.84 Å². The Morgan fingerprint density at radius 3 is 0.874 bits per heavy atom. The number of phenolic OH excluding ortho intramolecular Hbond substituents is 1. The predicted octanol–water partition coefficient (Wildman–Crippen LogP) is 29.1. The lowest BCUT2D eigenvalue weighted by atomic mass is 9.87. The largest absolute Gasteiger partial charge is 0.508 e. The van der Waals surface area contributed by atoms with Crippen LogP contribution in [0.4, 0.5) is 0 Å². The SMILES string of the molecule is CC(C)c1cccc(C(C)C)c1-c1cnc2c3cc(O)ccc3c3cccnc3n12.CC(C)c1cccc(C(C)C)c1-c1cnc2c3cc(Oc4ccc5c6cccnc6n6c(-c7c(C(C)C)cccc7C(C)C)cnc6c5c4)ccc3c3ccccc3n12.Cc1ccc2c3ccccc3n3c(-c4c(C(C)C)cccc4C(C)C)cnc3c2c1. The highest BCUT2D eigenvalue weighted by atomic mass is 16.5. The lowest BCUT2D eigenvalue weighted by molar-refractivity contribution is 0.476. The number of hydrogen-bond acceptors (Lipinski definition) is 8. The number of aromatic hydroxyl groups is 1. The second kappa shape index (κ2) is 30.8. The summed E-state index contributed by atoms with van der Waals surface area (Å²) < 4.78 is 16.0. The molecule has 12 heteroatoms. The van der Waals surface area contributed by atoms with Crippen LogP contribution in [0, 0.1) is 6.92 Å². The van der Waals surface area contributed by atoms with Crippen LogP contribution in [0.25, 0.3) is 155 Å². The van der Waals surface area contributed by atoms with Gasteiger partial charge >= 0.3 is 0 Å². The highest BCUT2D eigenvalue weighted by Crippen LogP contribution is 2.47. The first-order valence-electron chi connectivity index (χ1n) is 42.4. The number of pyridine rings is 6. The van der Waals surface area contributed by atoms with Crippen molar-refractivity contribution in [3.63, 3.8) is 0 Å². The van der Waals surface area contributed by atoms with Gasteiger partial charge in [-0.2, -0.15) is 0 Å². The summed E-state index contributed by atoms with van der Waals surface area (Å²) in [5.41, 5.74) is 29.2. The van der Waals surface area contributed by atoms with E-state index in [4.69, 9.17) is 34.6 Å². The molecule has 0 aliphatic rings. The highest BCUT2D eigenvalue weighted by Gasteiger charge is 2.28. The Balaban J connectivity index is 0.000000136. The third-order valence-electron chi connectivity index (χ3n) is 24.4. The van der Waals surface area contributed by atoms with Crippen molar-refractivity contribution in [3.8, 4) is 62.3 Å². The standard InChI is InChI=1S/C53H49N5O.C28H28N2.C26H25N3O/c1-30(2)36-15-11-16-37(31(3)4)49(36)47-28-55-52-44-26-34(21-23-40(44)42-14-9-10-20-46(42)57(47)52)59-35-22-24-41-43-19-13-25-54-51(43)58-48(29-56-53(58)45(41)27-35)50-38(32(5)6)17-12-18-39(50)33(7)8;1-17(2)20-10-8-11-21(18(3)4)27(20)26-16-29-28-24-15-19(5)13-14-22(24)23-9-6-7-12-25(23)30(26)28;1-15(2)18-7-5-8-19(16(3)4)24(18)23-14-28-26-22-13-17(30)10-11-20(22)21-9-6-12-27-25(21)29(23)26/h9-33H,1-8H3;6-18H,1-5H3;5-16,30H,1-4H3. The molecule has 12 nitrogen and oxygen atoms in total. The van der Waals surface area contributed by atoms with Gasteiger partial charge in [-0.25, -0.2) is 29.9 Å². The van der Waals surface area contributed by atoms with E-state index in [9.17, 15) is 5.11 Å². The quantitative estimate of drug-likeness (QED) is 0.107. The zero-order valence-corrected chi connectivity index (χ0v) is 71.2. The number of benzene rings is 10. The van der Waals surface area contributed by atoms with Gasteiger partial charge in [0.2, 0.25) is 0 Å². The second-order valence-corrected chi connectivity index (χ2v) is 34.8. The molecule has 592 valence electrons. The summed E-state index contributed by atoms with van der Waals surface area (Å²) in [6, 6.07) is 77.3. The van der Waals surface area contributed by atoms with Crippen molar-refractivity contribution in [1.82, 2.24) is 47.5 Å². The van der Waals surface area contributed by atoms with Crippen LogP contribution in [0.15, 0.2) is 256 Å². The van der Waals surface area contributed by atoms with E-state index in [1.54, 1.807) is 12.1 Å². The highest BCUT2D eigenvalue weighted by molar-refractivity contribution is 6.16. The van der Waals surface area contributed by atoms with Crippen LogP contribution in [0.1, 0.15) is 208 Å². The van der Waals surface area contributed by atoms with Crippen molar-refractivity contribution in [1.29, 1.82) is 0 Å². The van der Waals surface area contributed by atoms with E-state index in [2.05, 4.69) is 336 Å². The summed E-state index contributed by atoms with van der Waals surface area (Å²) in [6.45, 7) is 38.4. The first-order valence-corrected chi connectivity index (χ1v) is 42.4. The molecule has 20 aromatic rings. The first-order chi connectivity index (χ1) is 57.5. The maximum absolute atomic E-state index is 10.2. The smallest absolute Gasteiger partial charge is 0.146 e. The molecular formula is C107H102N10O2. The van der Waals surface area contributed by atoms with E-state index in [-0.39, 0.29) is 5.75 Å². The van der Waals surface area contributed by atoms with Crippen LogP contribution in [0.3, 0.4) is 0 Å². The number of imidazole rings is 4. The molecule has 20 rings (SSSR count). The molecule has 10 heterocycles. The van der Waals surface area contributed by atoms with Gasteiger partial charge in [-0.3, -0.25) is 17.6 Å². The molecule has 0 spiro atoms. The Kier molecular flexibility index (Phi) is 20.0. The zero-order chi connectivity index (χ0) is 82.7. The minimum Gasteiger partial charge on any atom is -0.508 e. The molecule has 0 aliphatic carbocycles. The minimum atomic E-state index is 0.239. The summed E-state index contributed by atoms with van der Waals surface area (Å²) in [6.07, 6.45) is 11.8. The lowest BCUT2D eigenvalue weighted by Gasteiger charge is -2.20. The number of para-hydroxylation sites is 2. The van der Waals surface area contributed by atoms with Crippen molar-refractivity contribution in [2.24, 2.45) is 0 Å². The van der Waals surface area contributed by atoms with Crippen LogP contribution in [-0.4, -0.2) is 52.6 Å². The summed E-state index contributed by atoms with van der Waals surface area (Å²) >= 11 is 0. The Morgan fingerprint density at radius 1 is 0.244 bits per heavy atom. The molecule has 0 unspecified atom stereocenters. The van der Waals surface area contributed by atoms with Crippen LogP contribution < -0.4 is 4.74 Å². The third kappa shape index (κ3) is 13.1. The molecule has 0 saturated carbocycles. The average molecular weight is 1560 g/mol. The van der Waals surface area contributed by atoms with Crippen molar-refractivity contribution >= 4 is 110 Å². The average Bonchev–Trinajstić information content (AvgIpc) is 1.63. The Labute approximate surface area is 695 Å². The van der Waals surface area contributed by atoms with Gasteiger partial charge in [0.15, 0.2) is 0 Å². The number of aryl methyl sites for hydroxylation is 1. The van der Waals surface area contributed by atoms with E-state index in [1.165, 1.54) is 105 Å². The lowest BCUT2D eigenvalue weighted by Crippen LogP contribution is -2.03. The van der Waals surface area contributed by atoms with Crippen molar-refractivity contribution < 1.29 is 9.84 Å². The summed E-state index contributed by atoms with van der Waals surface area (Å²) in [5, 5.41) is 23.5. The number of rotatable bonds is 14. The number of nitrogens with zero attached hydrogens (tertiary/aromatic N) is 10. The third-order valence-corrected chi connectivity index (χ3v) is 24.4. The van der Waals surface area contributed by atoms with Crippen LogP contribution in [0.5, 0.6) is 17.2 Å². The monoisotopic (exact) mass is 1560 g/mol. The maximum Gasteiger partial charge on any atom is 0.146 e. The van der Waals surface area contributed by atoms with E-state index in [0.717, 1.165) is 111 Å². The molecule has 0 radical (unpaired) electrons. The number of hydrogen-bond donors (Lipinski definition) is 1. The Bertz CT molecular complexity index is 6860. The summed E-state index contributed by atoms with van der Waals surface area (Å²) in [5.74, 6) is 4.79. The molecule has 1 N–H and O–H groups in total. The van der Waals surface area contributed by atoms with Crippen LogP contribution >= 0.6 is 0 Å². The maximum atomic E-state index is 10.2. The fourth-order valence-corrected chi connectivity index (χ4v) is 18.7. The Morgan fingerprint density at radius 2 is 0.521 bits per heavy atom. The fraction of sp³-hybridized carbons (Fsp3) is 0.234. The molecular weight excluding hydrogens is 1460 g/mol. The van der Waals surface area contributed by atoms with Crippen molar-refractivity contribution in [2.45, 2.75) is 165 Å². The minimum absolute atomic E-state index is 0.239. The number of ether oxygens (including phenoxy) is 1. The predicted molar refractivity (Wildman–Crippen MR) is 497 cm³/mol. The second-order valence-electron chi connectivity index (χ2n) is 34.8. The van der Waals surface area contributed by atoms with E-state index in [1.807, 2.05) is 43.0 Å². The zero-order valence-electron chi connectivity index (χ0n) is 71.2. The van der Waals surface area contributed by atoms with Crippen molar-refractivity contribution in [2.75, 3.05) is 0 Å². The fourth-order valence-electron chi connectivity index (χ4n) is 18.7. The molecule has 0 fully saturated rings. The van der Waals surface area contributed by atoms with Gasteiger partial charge in [0.05, 0.1) is 58.6 Å². The van der Waals surface area contributed by atoms with Gasteiger partial charge in [-0.05, 0) is 217 Å². The number of fused-ring (bicyclic) bond motifs is 24. The number of phenols is 1. The van der Waals surface area contributed by atoms with Gasteiger partial charge in [0.1, 0.15) is 51.1 Å². The molecule has 0 saturated heterocycles. The Hall–Kier alpha value is -13.1. The molecule has 119 heavy (non-hydrogen) atoms. The number of aromatic nitrogens is 10. The molecule has 10 aromatic heterocycles. The molecule has 0 atom stereocenters. The summed E-state index contributed by atoms with van der Waals surface area (Å²) in [7, 11) is 0. The van der Waals surface area contributed by atoms with Gasteiger partial charge in [-0.1, -0.05) is 238 Å². The van der Waals surface area contributed by atoms with Gasteiger partial charge in [-0.15, -0.1) is 0 Å². The van der Waals surface area contributed by atoms with Crippen LogP contribution in [-0.2, 0) is 0 Å². The topological polar surface area (TPSA) is 124 Å². The first kappa shape index (κ1) is 77.2. The molecule has 0 aliphatic heterocycles. The summed E-state index contributed by atoms with van der Waals surface area (Å²) in [4.78, 5) is 29.8. The van der Waals surface area contributed by atoms with Gasteiger partial charge in [0, 0.05) is 77.7 Å². The van der Waals surface area contributed by atoms with E-state index in [0.29, 0.717) is 47.3 Å². The van der Waals surface area contributed by atoms with E-state index < -0.39 is 0 Å². The normalized spacial score (nSPS) is 12.2. The molecule has 0 bridgehead atoms. The molecule has 10 aromatic carbocycles. The van der Waals surface area contributed by atoms with Crippen LogP contribution in [0.2, 0.25) is 0 Å². The molecule has 0 amide bonds. The van der Waals surface area contributed by atoms with Gasteiger partial charge in [0.25, 0.3) is 0 Å².